The van der Waals surface area contributed by atoms with Gasteiger partial charge in [-0.3, -0.25) is 0 Å². The van der Waals surface area contributed by atoms with Gasteiger partial charge >= 0.3 is 5.97 Å². The molecule has 7 heteroatoms. The summed E-state index contributed by atoms with van der Waals surface area (Å²) in [6.07, 6.45) is 12.5. The summed E-state index contributed by atoms with van der Waals surface area (Å²) < 4.78 is 26.9. The highest BCUT2D eigenvalue weighted by molar-refractivity contribution is 7.89. The number of carboxylic acid groups (broad SMARTS) is 1. The van der Waals surface area contributed by atoms with E-state index in [9.17, 15) is 13.2 Å². The Labute approximate surface area is 161 Å². The Morgan fingerprint density at radius 1 is 0.885 bits per heavy atom. The highest BCUT2D eigenvalue weighted by Gasteiger charge is 2.19. The second-order valence-corrected chi connectivity index (χ2v) is 9.89. The minimum Gasteiger partial charge on any atom is -0.477 e. The van der Waals surface area contributed by atoms with Crippen LogP contribution < -0.4 is 4.72 Å². The molecule has 0 saturated carbocycles. The number of likely N-dealkylation sites (N-methyl/N-ethyl adjacent to an activating group) is 1. The Bertz CT molecular complexity index is 464. The van der Waals surface area contributed by atoms with Crippen molar-refractivity contribution < 1.29 is 22.8 Å². The van der Waals surface area contributed by atoms with Gasteiger partial charge in [-0.15, -0.1) is 0 Å². The third-order valence-corrected chi connectivity index (χ3v) is 6.06. The van der Waals surface area contributed by atoms with E-state index in [1.807, 2.05) is 14.1 Å². The third-order valence-electron chi connectivity index (χ3n) is 4.59. The van der Waals surface area contributed by atoms with Crippen LogP contribution in [0.3, 0.4) is 0 Å². The first-order chi connectivity index (χ1) is 12.2. The summed E-state index contributed by atoms with van der Waals surface area (Å²) in [5.41, 5.74) is 0. The topological polar surface area (TPSA) is 83.5 Å². The number of carbonyl (C=O) groups is 1. The van der Waals surface area contributed by atoms with Gasteiger partial charge in [-0.05, 0) is 6.42 Å². The molecule has 2 N–H and O–H groups in total. The highest BCUT2D eigenvalue weighted by Crippen LogP contribution is 2.10. The van der Waals surface area contributed by atoms with Crippen LogP contribution in [0.25, 0.3) is 0 Å². The van der Waals surface area contributed by atoms with Crippen molar-refractivity contribution >= 4 is 16.0 Å². The number of unbranched alkanes of at least 4 members (excludes halogenated alkanes) is 9. The van der Waals surface area contributed by atoms with Crippen LogP contribution in [0.1, 0.15) is 77.6 Å². The molecule has 0 aromatic rings. The standard InChI is InChI=1S/C19H40N2O4S/c1-4-5-6-7-8-9-10-11-12-13-17-26(24,25)20-15-14-16-21(2,3)18-19(22)23/h20H,4-18H2,1-3H3/p+1. The summed E-state index contributed by atoms with van der Waals surface area (Å²) in [7, 11) is 0.476. The van der Waals surface area contributed by atoms with Crippen LogP contribution in [-0.4, -0.2) is 63.5 Å². The second kappa shape index (κ2) is 14.4. The van der Waals surface area contributed by atoms with Crippen molar-refractivity contribution in [3.05, 3.63) is 0 Å². The van der Waals surface area contributed by atoms with Crippen LogP contribution in [0.5, 0.6) is 0 Å². The molecule has 0 rings (SSSR count). The van der Waals surface area contributed by atoms with Gasteiger partial charge in [0.05, 0.1) is 26.4 Å². The zero-order chi connectivity index (χ0) is 19.9. The molecular formula is C19H41N2O4S+. The van der Waals surface area contributed by atoms with Crippen molar-refractivity contribution in [1.82, 2.24) is 4.72 Å². The minimum absolute atomic E-state index is 0.0470. The third kappa shape index (κ3) is 16.8. The molecule has 0 spiro atoms. The van der Waals surface area contributed by atoms with E-state index in [0.717, 1.165) is 12.8 Å². The molecule has 26 heavy (non-hydrogen) atoms. The molecule has 0 atom stereocenters. The van der Waals surface area contributed by atoms with Crippen LogP contribution >= 0.6 is 0 Å². The number of nitrogens with one attached hydrogen (secondary N) is 1. The van der Waals surface area contributed by atoms with E-state index >= 15 is 0 Å². The van der Waals surface area contributed by atoms with E-state index < -0.39 is 16.0 Å². The van der Waals surface area contributed by atoms with Crippen LogP contribution in [0.2, 0.25) is 0 Å². The lowest BCUT2D eigenvalue weighted by molar-refractivity contribution is -0.883. The zero-order valence-electron chi connectivity index (χ0n) is 17.1. The van der Waals surface area contributed by atoms with Gasteiger partial charge in [-0.1, -0.05) is 64.7 Å². The minimum atomic E-state index is -3.20. The molecule has 6 nitrogen and oxygen atoms in total. The summed E-state index contributed by atoms with van der Waals surface area (Å²) in [5.74, 6) is -0.645. The number of quaternary nitrogens is 1. The summed E-state index contributed by atoms with van der Waals surface area (Å²) in [4.78, 5) is 10.8. The maximum Gasteiger partial charge on any atom is 0.359 e. The van der Waals surface area contributed by atoms with Gasteiger partial charge in [-0.25, -0.2) is 17.9 Å². The fourth-order valence-electron chi connectivity index (χ4n) is 3.03. The quantitative estimate of drug-likeness (QED) is 0.276. The van der Waals surface area contributed by atoms with Gasteiger partial charge in [-0.2, -0.15) is 0 Å². The number of nitrogens with zero attached hydrogens (tertiary/aromatic N) is 1. The van der Waals surface area contributed by atoms with Gasteiger partial charge in [0.15, 0.2) is 6.54 Å². The SMILES string of the molecule is CCCCCCCCCCCCS(=O)(=O)NCCC[N+](C)(C)CC(=O)O. The molecule has 156 valence electrons. The van der Waals surface area contributed by atoms with Crippen molar-refractivity contribution in [2.45, 2.75) is 77.6 Å². The fourth-order valence-corrected chi connectivity index (χ4v) is 4.22. The number of carboxylic acids is 1. The molecule has 0 amide bonds. The van der Waals surface area contributed by atoms with E-state index in [0.29, 0.717) is 30.4 Å². The summed E-state index contributed by atoms with van der Waals surface area (Å²) in [6.45, 7) is 3.28. The van der Waals surface area contributed by atoms with E-state index in [1.165, 1.54) is 44.9 Å². The molecule has 0 radical (unpaired) electrons. The van der Waals surface area contributed by atoms with Crippen molar-refractivity contribution in [3.63, 3.8) is 0 Å². The van der Waals surface area contributed by atoms with Crippen LogP contribution in [0, 0.1) is 0 Å². The Morgan fingerprint density at radius 2 is 1.38 bits per heavy atom. The lowest BCUT2D eigenvalue weighted by Gasteiger charge is -2.27. The smallest absolute Gasteiger partial charge is 0.359 e. The lowest BCUT2D eigenvalue weighted by Crippen LogP contribution is -2.45. The molecule has 0 fully saturated rings. The largest absolute Gasteiger partial charge is 0.477 e. The Hall–Kier alpha value is -0.660. The maximum absolute atomic E-state index is 12.0. The number of aliphatic carboxylic acids is 1. The normalized spacial score (nSPS) is 12.4. The van der Waals surface area contributed by atoms with Gasteiger partial charge < -0.3 is 9.59 Å². The predicted octanol–water partition coefficient (Wildman–Crippen LogP) is 3.38. The first kappa shape index (κ1) is 25.3. The van der Waals surface area contributed by atoms with Crippen molar-refractivity contribution in [3.8, 4) is 0 Å². The Kier molecular flexibility index (Phi) is 14.0. The van der Waals surface area contributed by atoms with Crippen molar-refractivity contribution in [1.29, 1.82) is 0 Å². The van der Waals surface area contributed by atoms with Gasteiger partial charge in [0.25, 0.3) is 0 Å². The van der Waals surface area contributed by atoms with E-state index in [4.69, 9.17) is 5.11 Å². The van der Waals surface area contributed by atoms with Crippen LogP contribution in [0.15, 0.2) is 0 Å². The summed E-state index contributed by atoms with van der Waals surface area (Å²) >= 11 is 0. The van der Waals surface area contributed by atoms with Crippen molar-refractivity contribution in [2.24, 2.45) is 0 Å². The molecule has 0 saturated heterocycles. The predicted molar refractivity (Wildman–Crippen MR) is 108 cm³/mol. The summed E-state index contributed by atoms with van der Waals surface area (Å²) in [6, 6.07) is 0. The Balaban J connectivity index is 3.63. The lowest BCUT2D eigenvalue weighted by atomic mass is 10.1. The maximum atomic E-state index is 12.0. The van der Waals surface area contributed by atoms with E-state index in [1.54, 1.807) is 0 Å². The molecule has 0 aromatic heterocycles. The van der Waals surface area contributed by atoms with Gasteiger partial charge in [0.1, 0.15) is 0 Å². The fraction of sp³-hybridized carbons (Fsp3) is 0.947. The Morgan fingerprint density at radius 3 is 1.88 bits per heavy atom. The number of hydrogen-bond acceptors (Lipinski definition) is 3. The van der Waals surface area contributed by atoms with Gasteiger partial charge in [0.2, 0.25) is 10.0 Å². The zero-order valence-corrected chi connectivity index (χ0v) is 18.0. The second-order valence-electron chi connectivity index (χ2n) is 7.96. The van der Waals surface area contributed by atoms with Gasteiger partial charge in [0, 0.05) is 13.0 Å². The first-order valence-corrected chi connectivity index (χ1v) is 11.8. The molecule has 0 unspecified atom stereocenters. The average molecular weight is 394 g/mol. The van der Waals surface area contributed by atoms with Crippen LogP contribution in [-0.2, 0) is 14.8 Å². The highest BCUT2D eigenvalue weighted by atomic mass is 32.2. The number of sulfonamides is 1. The molecule has 0 aliphatic heterocycles. The molecule has 0 aliphatic carbocycles. The van der Waals surface area contributed by atoms with Crippen LogP contribution in [0.4, 0.5) is 0 Å². The number of hydrogen-bond donors (Lipinski definition) is 2. The first-order valence-electron chi connectivity index (χ1n) is 10.2. The molecular weight excluding hydrogens is 352 g/mol. The molecule has 0 aliphatic rings. The molecule has 0 bridgehead atoms. The number of rotatable bonds is 18. The summed E-state index contributed by atoms with van der Waals surface area (Å²) in [5, 5.41) is 8.83. The molecule has 0 aromatic carbocycles. The van der Waals surface area contributed by atoms with E-state index in [-0.39, 0.29) is 12.3 Å². The average Bonchev–Trinajstić information content (AvgIpc) is 2.52. The monoisotopic (exact) mass is 393 g/mol. The van der Waals surface area contributed by atoms with E-state index in [2.05, 4.69) is 11.6 Å². The molecule has 0 heterocycles. The van der Waals surface area contributed by atoms with Crippen molar-refractivity contribution in [2.75, 3.05) is 39.5 Å².